The fourth-order valence-corrected chi connectivity index (χ4v) is 2.11. The molecule has 2 rings (SSSR count). The summed E-state index contributed by atoms with van der Waals surface area (Å²) in [6, 6.07) is 11.0. The van der Waals surface area contributed by atoms with E-state index in [-0.39, 0.29) is 16.0 Å². The van der Waals surface area contributed by atoms with Gasteiger partial charge in [0.1, 0.15) is 0 Å². The maximum atomic E-state index is 11.0. The first-order chi connectivity index (χ1) is 7.91. The second-order valence-corrected chi connectivity index (χ2v) is 5.18. The van der Waals surface area contributed by atoms with Crippen molar-refractivity contribution >= 4 is 16.5 Å². The van der Waals surface area contributed by atoms with Crippen molar-refractivity contribution < 1.29 is 4.92 Å². The van der Waals surface area contributed by atoms with Crippen LogP contribution in [-0.4, -0.2) is 4.92 Å². The van der Waals surface area contributed by atoms with Gasteiger partial charge >= 0.3 is 0 Å². The van der Waals surface area contributed by atoms with E-state index in [9.17, 15) is 10.1 Å². The monoisotopic (exact) mass is 229 g/mol. The Labute approximate surface area is 100 Å². The standard InChI is InChI=1S/C14H15NO2/c1-14(2,3)12-8-4-7-11-10(12)6-5-9-13(11)15(16)17/h4-9H,1-3H3. The molecular weight excluding hydrogens is 214 g/mol. The van der Waals surface area contributed by atoms with Crippen LogP contribution in [0.15, 0.2) is 36.4 Å². The lowest BCUT2D eigenvalue weighted by molar-refractivity contribution is -0.383. The third-order valence-corrected chi connectivity index (χ3v) is 2.90. The van der Waals surface area contributed by atoms with E-state index in [0.717, 1.165) is 10.9 Å². The first-order valence-electron chi connectivity index (χ1n) is 5.58. The molecule has 3 nitrogen and oxygen atoms in total. The van der Waals surface area contributed by atoms with Gasteiger partial charge in [0.15, 0.2) is 0 Å². The van der Waals surface area contributed by atoms with Crippen LogP contribution >= 0.6 is 0 Å². The predicted molar refractivity (Wildman–Crippen MR) is 69.3 cm³/mol. The van der Waals surface area contributed by atoms with Crippen LogP contribution in [0.3, 0.4) is 0 Å². The van der Waals surface area contributed by atoms with Crippen LogP contribution in [0.4, 0.5) is 5.69 Å². The highest BCUT2D eigenvalue weighted by Gasteiger charge is 2.19. The molecule has 2 aromatic rings. The molecular formula is C14H15NO2. The largest absolute Gasteiger partial charge is 0.277 e. The van der Waals surface area contributed by atoms with Gasteiger partial charge in [-0.05, 0) is 22.4 Å². The fraction of sp³-hybridized carbons (Fsp3) is 0.286. The molecule has 0 aliphatic rings. The van der Waals surface area contributed by atoms with Crippen LogP contribution in [0.5, 0.6) is 0 Å². The van der Waals surface area contributed by atoms with E-state index >= 15 is 0 Å². The Morgan fingerprint density at radius 3 is 2.18 bits per heavy atom. The molecule has 0 aliphatic heterocycles. The van der Waals surface area contributed by atoms with Gasteiger partial charge in [0.25, 0.3) is 5.69 Å². The van der Waals surface area contributed by atoms with Crippen LogP contribution in [-0.2, 0) is 5.41 Å². The van der Waals surface area contributed by atoms with E-state index in [0.29, 0.717) is 5.39 Å². The van der Waals surface area contributed by atoms with Gasteiger partial charge in [-0.2, -0.15) is 0 Å². The Balaban J connectivity index is 2.84. The highest BCUT2D eigenvalue weighted by Crippen LogP contribution is 2.33. The van der Waals surface area contributed by atoms with Gasteiger partial charge < -0.3 is 0 Å². The number of nitro benzene ring substituents is 1. The summed E-state index contributed by atoms with van der Waals surface area (Å²) in [4.78, 5) is 10.7. The molecule has 17 heavy (non-hydrogen) atoms. The third-order valence-electron chi connectivity index (χ3n) is 2.90. The SMILES string of the molecule is CC(C)(C)c1cccc2c([N+](=O)[O-])cccc12. The molecule has 0 saturated heterocycles. The Morgan fingerprint density at radius 2 is 1.59 bits per heavy atom. The predicted octanol–water partition coefficient (Wildman–Crippen LogP) is 4.05. The van der Waals surface area contributed by atoms with Crippen molar-refractivity contribution in [1.29, 1.82) is 0 Å². The van der Waals surface area contributed by atoms with Gasteiger partial charge in [-0.15, -0.1) is 0 Å². The van der Waals surface area contributed by atoms with E-state index in [1.54, 1.807) is 12.1 Å². The summed E-state index contributed by atoms with van der Waals surface area (Å²) >= 11 is 0. The zero-order valence-electron chi connectivity index (χ0n) is 10.2. The Kier molecular flexibility index (Phi) is 2.62. The molecule has 0 atom stereocenters. The minimum absolute atomic E-state index is 0.0191. The maximum Gasteiger partial charge on any atom is 0.277 e. The molecule has 0 amide bonds. The molecule has 0 heterocycles. The molecule has 0 saturated carbocycles. The summed E-state index contributed by atoms with van der Waals surface area (Å²) in [6.45, 7) is 6.34. The summed E-state index contributed by atoms with van der Waals surface area (Å²) in [5, 5.41) is 12.7. The van der Waals surface area contributed by atoms with E-state index in [2.05, 4.69) is 20.8 Å². The average Bonchev–Trinajstić information content (AvgIpc) is 2.26. The van der Waals surface area contributed by atoms with E-state index in [1.807, 2.05) is 24.3 Å². The molecule has 0 unspecified atom stereocenters. The Morgan fingerprint density at radius 1 is 1.00 bits per heavy atom. The van der Waals surface area contributed by atoms with Crippen LogP contribution in [0.25, 0.3) is 10.8 Å². The first kappa shape index (κ1) is 11.6. The molecule has 3 heteroatoms. The summed E-state index contributed by atoms with van der Waals surface area (Å²) in [6.07, 6.45) is 0. The lowest BCUT2D eigenvalue weighted by Gasteiger charge is -2.21. The normalized spacial score (nSPS) is 11.7. The fourth-order valence-electron chi connectivity index (χ4n) is 2.11. The van der Waals surface area contributed by atoms with Crippen molar-refractivity contribution in [3.63, 3.8) is 0 Å². The van der Waals surface area contributed by atoms with Crippen molar-refractivity contribution in [3.8, 4) is 0 Å². The Hall–Kier alpha value is -1.90. The number of hydrogen-bond donors (Lipinski definition) is 0. The maximum absolute atomic E-state index is 11.0. The smallest absolute Gasteiger partial charge is 0.258 e. The zero-order chi connectivity index (χ0) is 12.6. The lowest BCUT2D eigenvalue weighted by Crippen LogP contribution is -2.11. The number of nitro groups is 1. The van der Waals surface area contributed by atoms with Gasteiger partial charge in [0.05, 0.1) is 10.3 Å². The van der Waals surface area contributed by atoms with Gasteiger partial charge in [0.2, 0.25) is 0 Å². The summed E-state index contributed by atoms with van der Waals surface area (Å²) in [7, 11) is 0. The van der Waals surface area contributed by atoms with Gasteiger partial charge in [-0.25, -0.2) is 0 Å². The minimum atomic E-state index is -0.325. The van der Waals surface area contributed by atoms with E-state index in [1.165, 1.54) is 0 Å². The summed E-state index contributed by atoms with van der Waals surface area (Å²) < 4.78 is 0. The van der Waals surface area contributed by atoms with Gasteiger partial charge in [0, 0.05) is 6.07 Å². The second-order valence-electron chi connectivity index (χ2n) is 5.18. The quantitative estimate of drug-likeness (QED) is 0.547. The lowest BCUT2D eigenvalue weighted by atomic mass is 9.83. The first-order valence-corrected chi connectivity index (χ1v) is 5.58. The molecule has 88 valence electrons. The molecule has 0 spiro atoms. The van der Waals surface area contributed by atoms with Crippen molar-refractivity contribution in [1.82, 2.24) is 0 Å². The van der Waals surface area contributed by atoms with Crippen LogP contribution in [0.2, 0.25) is 0 Å². The van der Waals surface area contributed by atoms with E-state index < -0.39 is 0 Å². The third kappa shape index (κ3) is 2.00. The van der Waals surface area contributed by atoms with Gasteiger partial charge in [-0.1, -0.05) is 45.0 Å². The molecule has 0 aromatic heterocycles. The van der Waals surface area contributed by atoms with Crippen molar-refractivity contribution in [2.24, 2.45) is 0 Å². The highest BCUT2D eigenvalue weighted by molar-refractivity contribution is 5.93. The molecule has 0 aliphatic carbocycles. The number of fused-ring (bicyclic) bond motifs is 1. The van der Waals surface area contributed by atoms with Crippen LogP contribution < -0.4 is 0 Å². The number of non-ortho nitro benzene ring substituents is 1. The van der Waals surface area contributed by atoms with Crippen LogP contribution in [0, 0.1) is 10.1 Å². The summed E-state index contributed by atoms with van der Waals surface area (Å²) in [5.41, 5.74) is 1.29. The number of rotatable bonds is 1. The Bertz CT molecular complexity index is 582. The molecule has 0 bridgehead atoms. The van der Waals surface area contributed by atoms with Gasteiger partial charge in [-0.3, -0.25) is 10.1 Å². The number of benzene rings is 2. The van der Waals surface area contributed by atoms with E-state index in [4.69, 9.17) is 0 Å². The average molecular weight is 229 g/mol. The van der Waals surface area contributed by atoms with Crippen molar-refractivity contribution in [2.75, 3.05) is 0 Å². The number of nitrogens with zero attached hydrogens (tertiary/aromatic N) is 1. The molecule has 0 fully saturated rings. The second kappa shape index (κ2) is 3.84. The zero-order valence-corrected chi connectivity index (χ0v) is 10.2. The van der Waals surface area contributed by atoms with Crippen molar-refractivity contribution in [2.45, 2.75) is 26.2 Å². The highest BCUT2D eigenvalue weighted by atomic mass is 16.6. The molecule has 2 aromatic carbocycles. The minimum Gasteiger partial charge on any atom is -0.258 e. The summed E-state index contributed by atoms with van der Waals surface area (Å²) in [5.74, 6) is 0. The number of hydrogen-bond acceptors (Lipinski definition) is 2. The topological polar surface area (TPSA) is 43.1 Å². The molecule has 0 radical (unpaired) electrons. The van der Waals surface area contributed by atoms with Crippen molar-refractivity contribution in [3.05, 3.63) is 52.1 Å². The molecule has 0 N–H and O–H groups in total. The van der Waals surface area contributed by atoms with Crippen LogP contribution in [0.1, 0.15) is 26.3 Å².